The topological polar surface area (TPSA) is 96.7 Å². The standard InChI is InChI=1S/C24H29N7O2.HI/c1-17-28-29-22(30(17)2)15-26-24(25-14-18-9-11-21(33-3)12-10-18)27-19-13-23(32)31(16-19)20-7-5-4-6-8-20;/h4-12,19H,13-16H2,1-3H3,(H2,25,26,27);1H. The van der Waals surface area contributed by atoms with Crippen molar-refractivity contribution >= 4 is 41.5 Å². The molecule has 1 unspecified atom stereocenters. The quantitative estimate of drug-likeness (QED) is 0.256. The van der Waals surface area contributed by atoms with Gasteiger partial charge in [-0.05, 0) is 36.8 Å². The van der Waals surface area contributed by atoms with Crippen LogP contribution in [0, 0.1) is 6.92 Å². The number of halogens is 1. The fourth-order valence-electron chi connectivity index (χ4n) is 3.68. The Bertz CT molecular complexity index is 1120. The number of hydrogen-bond acceptors (Lipinski definition) is 5. The number of methoxy groups -OCH3 is 1. The monoisotopic (exact) mass is 575 g/mol. The fourth-order valence-corrected chi connectivity index (χ4v) is 3.68. The lowest BCUT2D eigenvalue weighted by Gasteiger charge is -2.19. The SMILES string of the molecule is COc1ccc(CN=C(NCc2nnc(C)n2C)NC2CC(=O)N(c3ccccc3)C2)cc1.I. The number of carbonyl (C=O) groups is 1. The number of carbonyl (C=O) groups excluding carboxylic acids is 1. The van der Waals surface area contributed by atoms with Gasteiger partial charge >= 0.3 is 0 Å². The van der Waals surface area contributed by atoms with E-state index < -0.39 is 0 Å². The van der Waals surface area contributed by atoms with Crippen LogP contribution in [0.3, 0.4) is 0 Å². The largest absolute Gasteiger partial charge is 0.497 e. The highest BCUT2D eigenvalue weighted by Crippen LogP contribution is 2.21. The molecule has 0 radical (unpaired) electrons. The van der Waals surface area contributed by atoms with E-state index in [-0.39, 0.29) is 35.9 Å². The molecule has 1 fully saturated rings. The lowest BCUT2D eigenvalue weighted by Crippen LogP contribution is -2.44. The number of nitrogens with zero attached hydrogens (tertiary/aromatic N) is 5. The van der Waals surface area contributed by atoms with Crippen LogP contribution >= 0.6 is 24.0 Å². The molecule has 9 nitrogen and oxygen atoms in total. The van der Waals surface area contributed by atoms with Crippen molar-refractivity contribution in [2.24, 2.45) is 12.0 Å². The lowest BCUT2D eigenvalue weighted by atomic mass is 10.2. The Morgan fingerprint density at radius 1 is 1.15 bits per heavy atom. The van der Waals surface area contributed by atoms with Crippen LogP contribution in [0.25, 0.3) is 0 Å². The van der Waals surface area contributed by atoms with Gasteiger partial charge < -0.3 is 24.8 Å². The van der Waals surface area contributed by atoms with Crippen LogP contribution in [0.15, 0.2) is 59.6 Å². The molecule has 1 atom stereocenters. The number of para-hydroxylation sites is 1. The first-order chi connectivity index (χ1) is 16.0. The predicted molar refractivity (Wildman–Crippen MR) is 142 cm³/mol. The van der Waals surface area contributed by atoms with E-state index in [1.807, 2.05) is 78.0 Å². The van der Waals surface area contributed by atoms with Crippen molar-refractivity contribution in [3.05, 3.63) is 71.8 Å². The minimum atomic E-state index is -0.0546. The molecule has 1 amide bonds. The molecule has 1 aromatic heterocycles. The van der Waals surface area contributed by atoms with Gasteiger partial charge in [0.15, 0.2) is 11.8 Å². The van der Waals surface area contributed by atoms with Crippen molar-refractivity contribution in [3.8, 4) is 5.75 Å². The number of aryl methyl sites for hydroxylation is 1. The number of guanidine groups is 1. The highest BCUT2D eigenvalue weighted by atomic mass is 127. The van der Waals surface area contributed by atoms with E-state index in [2.05, 4.69) is 20.8 Å². The number of anilines is 1. The molecule has 4 rings (SSSR count). The molecule has 2 heterocycles. The number of aliphatic imine (C=N–C) groups is 1. The third kappa shape index (κ3) is 6.25. The van der Waals surface area contributed by atoms with E-state index in [9.17, 15) is 4.79 Å². The Morgan fingerprint density at radius 2 is 1.88 bits per heavy atom. The summed E-state index contributed by atoms with van der Waals surface area (Å²) in [4.78, 5) is 19.2. The second-order valence-corrected chi connectivity index (χ2v) is 7.97. The summed E-state index contributed by atoms with van der Waals surface area (Å²) < 4.78 is 7.16. The summed E-state index contributed by atoms with van der Waals surface area (Å²) >= 11 is 0. The second kappa shape index (κ2) is 11.8. The summed E-state index contributed by atoms with van der Waals surface area (Å²) in [6.45, 7) is 3.44. The molecule has 1 aliphatic rings. The number of rotatable bonds is 7. The molecule has 1 saturated heterocycles. The Balaban J connectivity index is 0.00000324. The molecule has 0 saturated carbocycles. The summed E-state index contributed by atoms with van der Waals surface area (Å²) in [5.74, 6) is 3.18. The molecule has 0 aliphatic carbocycles. The summed E-state index contributed by atoms with van der Waals surface area (Å²) in [6, 6.07) is 17.5. The zero-order chi connectivity index (χ0) is 23.2. The van der Waals surface area contributed by atoms with Crippen molar-refractivity contribution in [1.82, 2.24) is 25.4 Å². The first-order valence-electron chi connectivity index (χ1n) is 10.9. The van der Waals surface area contributed by atoms with Crippen molar-refractivity contribution in [2.75, 3.05) is 18.6 Å². The number of nitrogens with one attached hydrogen (secondary N) is 2. The Labute approximate surface area is 216 Å². The van der Waals surface area contributed by atoms with Gasteiger partial charge in [-0.25, -0.2) is 4.99 Å². The van der Waals surface area contributed by atoms with Crippen LogP contribution in [0.5, 0.6) is 5.75 Å². The second-order valence-electron chi connectivity index (χ2n) is 7.97. The molecule has 0 spiro atoms. The number of ether oxygens (including phenoxy) is 1. The molecule has 2 aromatic carbocycles. The minimum absolute atomic E-state index is 0. The predicted octanol–water partition coefficient (Wildman–Crippen LogP) is 2.79. The van der Waals surface area contributed by atoms with E-state index in [1.54, 1.807) is 7.11 Å². The van der Waals surface area contributed by atoms with Gasteiger partial charge in [0.05, 0.1) is 26.2 Å². The normalized spacial score (nSPS) is 15.7. The van der Waals surface area contributed by atoms with Gasteiger partial charge in [-0.2, -0.15) is 0 Å². The molecule has 34 heavy (non-hydrogen) atoms. The van der Waals surface area contributed by atoms with Gasteiger partial charge in [-0.1, -0.05) is 30.3 Å². The summed E-state index contributed by atoms with van der Waals surface area (Å²) in [5.41, 5.74) is 1.96. The minimum Gasteiger partial charge on any atom is -0.497 e. The maximum atomic E-state index is 12.6. The van der Waals surface area contributed by atoms with Gasteiger partial charge in [-0.3, -0.25) is 4.79 Å². The molecule has 0 bridgehead atoms. The Kier molecular flexibility index (Phi) is 8.85. The first-order valence-corrected chi connectivity index (χ1v) is 10.9. The smallest absolute Gasteiger partial charge is 0.229 e. The zero-order valence-corrected chi connectivity index (χ0v) is 21.9. The van der Waals surface area contributed by atoms with Crippen LogP contribution in [-0.4, -0.2) is 46.3 Å². The molecule has 180 valence electrons. The van der Waals surface area contributed by atoms with Gasteiger partial charge in [0, 0.05) is 25.7 Å². The summed E-state index contributed by atoms with van der Waals surface area (Å²) in [7, 11) is 3.58. The molecular formula is C24H30IN7O2. The van der Waals surface area contributed by atoms with Gasteiger partial charge in [-0.15, -0.1) is 34.2 Å². The average molecular weight is 575 g/mol. The molecule has 3 aromatic rings. The molecular weight excluding hydrogens is 545 g/mol. The van der Waals surface area contributed by atoms with Crippen molar-refractivity contribution < 1.29 is 9.53 Å². The average Bonchev–Trinajstić information content (AvgIpc) is 3.37. The van der Waals surface area contributed by atoms with E-state index in [0.717, 1.165) is 28.6 Å². The van der Waals surface area contributed by atoms with Crippen LogP contribution in [0.4, 0.5) is 5.69 Å². The Morgan fingerprint density at radius 3 is 2.53 bits per heavy atom. The maximum absolute atomic E-state index is 12.6. The maximum Gasteiger partial charge on any atom is 0.229 e. The first kappa shape index (κ1) is 25.5. The fraction of sp³-hybridized carbons (Fsp3) is 0.333. The van der Waals surface area contributed by atoms with Crippen molar-refractivity contribution in [1.29, 1.82) is 0 Å². The van der Waals surface area contributed by atoms with Gasteiger partial charge in [0.2, 0.25) is 5.91 Å². The van der Waals surface area contributed by atoms with E-state index in [1.165, 1.54) is 0 Å². The summed E-state index contributed by atoms with van der Waals surface area (Å²) in [5, 5.41) is 15.1. The zero-order valence-electron chi connectivity index (χ0n) is 19.6. The number of amides is 1. The van der Waals surface area contributed by atoms with Gasteiger partial charge in [0.25, 0.3) is 0 Å². The highest BCUT2D eigenvalue weighted by molar-refractivity contribution is 14.0. The number of hydrogen-bond donors (Lipinski definition) is 2. The summed E-state index contributed by atoms with van der Waals surface area (Å²) in [6.07, 6.45) is 0.404. The Hall–Kier alpha value is -3.15. The van der Waals surface area contributed by atoms with Crippen LogP contribution in [0.1, 0.15) is 23.6 Å². The van der Waals surface area contributed by atoms with Crippen LogP contribution < -0.4 is 20.3 Å². The van der Waals surface area contributed by atoms with E-state index in [0.29, 0.717) is 32.0 Å². The molecule has 10 heteroatoms. The highest BCUT2D eigenvalue weighted by Gasteiger charge is 2.31. The van der Waals surface area contributed by atoms with E-state index >= 15 is 0 Å². The van der Waals surface area contributed by atoms with Crippen LogP contribution in [-0.2, 0) is 24.9 Å². The van der Waals surface area contributed by atoms with Crippen LogP contribution in [0.2, 0.25) is 0 Å². The lowest BCUT2D eigenvalue weighted by molar-refractivity contribution is -0.117. The van der Waals surface area contributed by atoms with E-state index in [4.69, 9.17) is 9.73 Å². The number of benzene rings is 2. The number of aromatic nitrogens is 3. The molecule has 1 aliphatic heterocycles. The molecule has 2 N–H and O–H groups in total. The van der Waals surface area contributed by atoms with Crippen molar-refractivity contribution in [2.45, 2.75) is 32.5 Å². The van der Waals surface area contributed by atoms with Crippen molar-refractivity contribution in [3.63, 3.8) is 0 Å². The van der Waals surface area contributed by atoms with Gasteiger partial charge in [0.1, 0.15) is 11.6 Å². The third-order valence-electron chi connectivity index (χ3n) is 5.71. The third-order valence-corrected chi connectivity index (χ3v) is 5.71.